The second-order valence-electron chi connectivity index (χ2n) is 7.24. The van der Waals surface area contributed by atoms with E-state index in [1.54, 1.807) is 17.7 Å². The molecule has 29 heavy (non-hydrogen) atoms. The SMILES string of the molecule is CN=C(C=CN)COc1cc(C)n([C@H](C)c2ccc(C#CC3CC3)cc2)c(=O)c1. The van der Waals surface area contributed by atoms with Gasteiger partial charge in [0.15, 0.2) is 0 Å². The summed E-state index contributed by atoms with van der Waals surface area (Å²) in [7, 11) is 1.67. The molecule has 0 unspecified atom stereocenters. The average molecular weight is 389 g/mol. The Hall–Kier alpha value is -3.26. The molecule has 0 aliphatic heterocycles. The number of rotatable bonds is 6. The van der Waals surface area contributed by atoms with Crippen molar-refractivity contribution in [1.29, 1.82) is 0 Å². The molecule has 1 aliphatic carbocycles. The van der Waals surface area contributed by atoms with Crippen LogP contribution < -0.4 is 16.0 Å². The Bertz CT molecular complexity index is 1030. The summed E-state index contributed by atoms with van der Waals surface area (Å²) in [6.45, 7) is 4.19. The highest BCUT2D eigenvalue weighted by Gasteiger charge is 2.18. The molecule has 1 aromatic heterocycles. The van der Waals surface area contributed by atoms with Crippen LogP contribution in [0.25, 0.3) is 0 Å². The van der Waals surface area contributed by atoms with Crippen molar-refractivity contribution in [3.63, 3.8) is 0 Å². The van der Waals surface area contributed by atoms with Crippen LogP contribution in [0.1, 0.15) is 42.6 Å². The van der Waals surface area contributed by atoms with E-state index in [0.717, 1.165) is 16.8 Å². The van der Waals surface area contributed by atoms with Crippen molar-refractivity contribution in [2.75, 3.05) is 13.7 Å². The van der Waals surface area contributed by atoms with Gasteiger partial charge in [0.05, 0.1) is 11.8 Å². The van der Waals surface area contributed by atoms with Crippen LogP contribution in [0.5, 0.6) is 5.75 Å². The fourth-order valence-corrected chi connectivity index (χ4v) is 3.12. The first-order chi connectivity index (χ1) is 14.0. The number of ether oxygens (including phenoxy) is 1. The topological polar surface area (TPSA) is 69.6 Å². The van der Waals surface area contributed by atoms with E-state index in [-0.39, 0.29) is 18.2 Å². The van der Waals surface area contributed by atoms with E-state index < -0.39 is 0 Å². The smallest absolute Gasteiger partial charge is 0.254 e. The van der Waals surface area contributed by atoms with Crippen LogP contribution in [0.4, 0.5) is 0 Å². The molecule has 0 saturated heterocycles. The van der Waals surface area contributed by atoms with Gasteiger partial charge in [0, 0.05) is 30.3 Å². The van der Waals surface area contributed by atoms with Crippen molar-refractivity contribution >= 4 is 5.71 Å². The fraction of sp³-hybridized carbons (Fsp3) is 0.333. The molecule has 1 fully saturated rings. The van der Waals surface area contributed by atoms with Crippen molar-refractivity contribution in [3.05, 3.63) is 75.8 Å². The zero-order valence-electron chi connectivity index (χ0n) is 17.2. The lowest BCUT2D eigenvalue weighted by Gasteiger charge is -2.19. The maximum atomic E-state index is 12.8. The molecule has 2 aromatic rings. The van der Waals surface area contributed by atoms with Gasteiger partial charge < -0.3 is 15.0 Å². The number of nitrogens with zero attached hydrogens (tertiary/aromatic N) is 2. The summed E-state index contributed by atoms with van der Waals surface area (Å²) in [4.78, 5) is 16.9. The average Bonchev–Trinajstić information content (AvgIpc) is 3.54. The van der Waals surface area contributed by atoms with Gasteiger partial charge in [-0.3, -0.25) is 9.79 Å². The minimum absolute atomic E-state index is 0.0880. The van der Waals surface area contributed by atoms with Crippen LogP contribution in [-0.4, -0.2) is 23.9 Å². The fourth-order valence-electron chi connectivity index (χ4n) is 3.12. The van der Waals surface area contributed by atoms with E-state index >= 15 is 0 Å². The normalized spacial score (nSPS) is 15.1. The molecule has 1 saturated carbocycles. The number of aryl methyl sites for hydroxylation is 1. The van der Waals surface area contributed by atoms with Gasteiger partial charge >= 0.3 is 0 Å². The largest absolute Gasteiger partial charge is 0.487 e. The lowest BCUT2D eigenvalue weighted by molar-refractivity contribution is 0.374. The molecule has 3 rings (SSSR count). The van der Waals surface area contributed by atoms with Gasteiger partial charge in [-0.1, -0.05) is 24.0 Å². The number of nitrogens with two attached hydrogens (primary N) is 1. The lowest BCUT2D eigenvalue weighted by atomic mass is 10.1. The Labute approximate surface area is 171 Å². The molecular formula is C24H27N3O2. The number of pyridine rings is 1. The minimum atomic E-state index is -0.102. The third-order valence-electron chi connectivity index (χ3n) is 4.98. The highest BCUT2D eigenvalue weighted by atomic mass is 16.5. The van der Waals surface area contributed by atoms with Gasteiger partial charge in [-0.2, -0.15) is 0 Å². The standard InChI is InChI=1S/C24H27N3O2/c1-17-14-23(29-16-22(26-3)12-13-25)15-24(28)27(17)18(2)21-10-8-20(9-11-21)7-6-19-4-5-19/h8-15,18-19H,4-5,16,25H2,1-3H3/t18-/m1/s1. The maximum Gasteiger partial charge on any atom is 0.254 e. The third kappa shape index (κ3) is 5.39. The first-order valence-electron chi connectivity index (χ1n) is 9.83. The lowest BCUT2D eigenvalue weighted by Crippen LogP contribution is -2.26. The second-order valence-corrected chi connectivity index (χ2v) is 7.24. The Balaban J connectivity index is 1.76. The van der Waals surface area contributed by atoms with Crippen molar-refractivity contribution in [3.8, 4) is 17.6 Å². The van der Waals surface area contributed by atoms with Crippen LogP contribution in [0.3, 0.4) is 0 Å². The quantitative estimate of drug-likeness (QED) is 0.608. The number of aromatic nitrogens is 1. The molecule has 0 radical (unpaired) electrons. The summed E-state index contributed by atoms with van der Waals surface area (Å²) in [6, 6.07) is 11.4. The third-order valence-corrected chi connectivity index (χ3v) is 4.98. The van der Waals surface area contributed by atoms with Crippen molar-refractivity contribution in [1.82, 2.24) is 4.57 Å². The summed E-state index contributed by atoms with van der Waals surface area (Å²) >= 11 is 0. The second kappa shape index (κ2) is 9.29. The molecule has 150 valence electrons. The molecule has 5 nitrogen and oxygen atoms in total. The van der Waals surface area contributed by atoms with Crippen LogP contribution in [0.2, 0.25) is 0 Å². The van der Waals surface area contributed by atoms with E-state index in [4.69, 9.17) is 10.5 Å². The maximum absolute atomic E-state index is 12.8. The molecule has 1 heterocycles. The number of benzene rings is 1. The van der Waals surface area contributed by atoms with Gasteiger partial charge in [-0.05, 0) is 62.7 Å². The first-order valence-corrected chi connectivity index (χ1v) is 9.83. The predicted octanol–water partition coefficient (Wildman–Crippen LogP) is 3.45. The van der Waals surface area contributed by atoms with Gasteiger partial charge in [-0.15, -0.1) is 0 Å². The molecule has 0 spiro atoms. The molecule has 0 amide bonds. The summed E-state index contributed by atoms with van der Waals surface area (Å²) in [5.41, 5.74) is 8.91. The molecular weight excluding hydrogens is 362 g/mol. The Morgan fingerprint density at radius 1 is 1.34 bits per heavy atom. The van der Waals surface area contributed by atoms with E-state index in [2.05, 4.69) is 16.8 Å². The Kier molecular flexibility index (Phi) is 6.56. The molecule has 1 atom stereocenters. The van der Waals surface area contributed by atoms with E-state index in [1.165, 1.54) is 25.1 Å². The zero-order valence-corrected chi connectivity index (χ0v) is 17.2. The van der Waals surface area contributed by atoms with Crippen LogP contribution in [-0.2, 0) is 0 Å². The van der Waals surface area contributed by atoms with Gasteiger partial charge in [0.25, 0.3) is 5.56 Å². The summed E-state index contributed by atoms with van der Waals surface area (Å²) in [6.07, 6.45) is 5.54. The Morgan fingerprint density at radius 2 is 2.07 bits per heavy atom. The summed E-state index contributed by atoms with van der Waals surface area (Å²) < 4.78 is 7.48. The first kappa shape index (κ1) is 20.5. The highest BCUT2D eigenvalue weighted by molar-refractivity contribution is 5.96. The highest BCUT2D eigenvalue weighted by Crippen LogP contribution is 2.27. The Morgan fingerprint density at radius 3 is 2.66 bits per heavy atom. The number of hydrogen-bond donors (Lipinski definition) is 1. The van der Waals surface area contributed by atoms with E-state index in [1.807, 2.05) is 44.2 Å². The monoisotopic (exact) mass is 389 g/mol. The minimum Gasteiger partial charge on any atom is -0.487 e. The van der Waals surface area contributed by atoms with Crippen LogP contribution >= 0.6 is 0 Å². The summed E-state index contributed by atoms with van der Waals surface area (Å²) in [5.74, 6) is 7.60. The molecule has 2 N–H and O–H groups in total. The van der Waals surface area contributed by atoms with Gasteiger partial charge in [0.2, 0.25) is 0 Å². The van der Waals surface area contributed by atoms with E-state index in [0.29, 0.717) is 17.4 Å². The molecule has 5 heteroatoms. The van der Waals surface area contributed by atoms with Gasteiger partial charge in [-0.25, -0.2) is 0 Å². The predicted molar refractivity (Wildman–Crippen MR) is 117 cm³/mol. The molecule has 1 aromatic carbocycles. The number of aliphatic imine (C=N–C) groups is 1. The van der Waals surface area contributed by atoms with Crippen LogP contribution in [0, 0.1) is 24.7 Å². The zero-order chi connectivity index (χ0) is 20.8. The van der Waals surface area contributed by atoms with Crippen molar-refractivity contribution < 1.29 is 4.74 Å². The van der Waals surface area contributed by atoms with E-state index in [9.17, 15) is 4.79 Å². The number of hydrogen-bond acceptors (Lipinski definition) is 4. The van der Waals surface area contributed by atoms with Gasteiger partial charge in [0.1, 0.15) is 12.4 Å². The molecule has 1 aliphatic rings. The molecule has 0 bridgehead atoms. The van der Waals surface area contributed by atoms with Crippen LogP contribution in [0.15, 0.2) is 58.5 Å². The van der Waals surface area contributed by atoms with Crippen molar-refractivity contribution in [2.45, 2.75) is 32.7 Å². The van der Waals surface area contributed by atoms with Crippen molar-refractivity contribution in [2.24, 2.45) is 16.6 Å². The summed E-state index contributed by atoms with van der Waals surface area (Å²) in [5, 5.41) is 0.